The van der Waals surface area contributed by atoms with Gasteiger partial charge in [0.2, 0.25) is 0 Å². The Balaban J connectivity index is 1.27. The minimum atomic E-state index is -0.595. The molecule has 174 valence electrons. The third kappa shape index (κ3) is 6.57. The van der Waals surface area contributed by atoms with Crippen LogP contribution in [0.25, 0.3) is 0 Å². The molecule has 3 aromatic carbocycles. The Morgan fingerprint density at radius 3 is 2.33 bits per heavy atom. The molecule has 0 radical (unpaired) electrons. The molecule has 33 heavy (non-hydrogen) atoms. The van der Waals surface area contributed by atoms with Crippen LogP contribution < -0.4 is 14.8 Å². The fraction of sp³-hybridized carbons (Fsp3) is 0.357. The van der Waals surface area contributed by atoms with Crippen molar-refractivity contribution in [2.45, 2.75) is 38.1 Å². The van der Waals surface area contributed by atoms with Gasteiger partial charge in [-0.2, -0.15) is 0 Å². The molecule has 0 saturated carbocycles. The lowest BCUT2D eigenvalue weighted by molar-refractivity contribution is 0.0732. The summed E-state index contributed by atoms with van der Waals surface area (Å²) in [7, 11) is 3.64. The third-order valence-electron chi connectivity index (χ3n) is 6.12. The van der Waals surface area contributed by atoms with Gasteiger partial charge >= 0.3 is 0 Å². The van der Waals surface area contributed by atoms with Crippen molar-refractivity contribution in [3.05, 3.63) is 95.1 Å². The van der Waals surface area contributed by atoms with Crippen molar-refractivity contribution >= 4 is 0 Å². The summed E-state index contributed by atoms with van der Waals surface area (Å²) in [4.78, 5) is 2.10. The minimum Gasteiger partial charge on any atom is -0.493 e. The Morgan fingerprint density at radius 1 is 0.939 bits per heavy atom. The zero-order valence-electron chi connectivity index (χ0n) is 19.5. The van der Waals surface area contributed by atoms with Crippen LogP contribution in [0.2, 0.25) is 0 Å². The summed E-state index contributed by atoms with van der Waals surface area (Å²) in [5, 5.41) is 14.2. The highest BCUT2D eigenvalue weighted by Gasteiger charge is 2.20. The number of fused-ring (bicyclic) bond motifs is 1. The second-order valence-electron chi connectivity index (χ2n) is 8.89. The van der Waals surface area contributed by atoms with Crippen LogP contribution in [0.4, 0.5) is 0 Å². The van der Waals surface area contributed by atoms with Crippen LogP contribution in [0.15, 0.2) is 72.8 Å². The number of methoxy groups -OCH3 is 1. The van der Waals surface area contributed by atoms with E-state index in [4.69, 9.17) is 9.47 Å². The van der Waals surface area contributed by atoms with Crippen molar-refractivity contribution < 1.29 is 14.6 Å². The van der Waals surface area contributed by atoms with E-state index < -0.39 is 6.10 Å². The lowest BCUT2D eigenvalue weighted by atomic mass is 10.1. The molecule has 1 aliphatic carbocycles. The topological polar surface area (TPSA) is 54.0 Å². The first kappa shape index (κ1) is 23.3. The molecule has 2 N–H and O–H groups in total. The monoisotopic (exact) mass is 446 g/mol. The minimum absolute atomic E-state index is 0.213. The van der Waals surface area contributed by atoms with Crippen LogP contribution in [0, 0.1) is 0 Å². The maximum absolute atomic E-state index is 10.5. The van der Waals surface area contributed by atoms with Crippen LogP contribution in [-0.4, -0.2) is 49.5 Å². The molecule has 0 amide bonds. The van der Waals surface area contributed by atoms with Crippen molar-refractivity contribution in [2.75, 3.05) is 27.3 Å². The SMILES string of the molecule is COc1ccc(CNC2Cc3ccccc3C2)cc1OCC(O)CN(C)Cc1ccccc1. The molecule has 0 fully saturated rings. The van der Waals surface area contributed by atoms with Gasteiger partial charge in [-0.15, -0.1) is 0 Å². The first-order chi connectivity index (χ1) is 16.1. The number of benzene rings is 3. The van der Waals surface area contributed by atoms with Crippen LogP contribution in [0.3, 0.4) is 0 Å². The lowest BCUT2D eigenvalue weighted by Gasteiger charge is -2.21. The molecule has 1 aliphatic rings. The van der Waals surface area contributed by atoms with E-state index in [1.807, 2.05) is 37.4 Å². The van der Waals surface area contributed by atoms with Gasteiger partial charge in [0.1, 0.15) is 12.7 Å². The number of hydrogen-bond donors (Lipinski definition) is 2. The van der Waals surface area contributed by atoms with Gasteiger partial charge in [-0.1, -0.05) is 60.7 Å². The molecule has 0 saturated heterocycles. The van der Waals surface area contributed by atoms with Gasteiger partial charge in [-0.25, -0.2) is 0 Å². The van der Waals surface area contributed by atoms with E-state index in [1.165, 1.54) is 16.7 Å². The normalized spacial score (nSPS) is 14.3. The van der Waals surface area contributed by atoms with Crippen LogP contribution in [0.5, 0.6) is 11.5 Å². The van der Waals surface area contributed by atoms with Crippen molar-refractivity contribution in [1.29, 1.82) is 0 Å². The summed E-state index contributed by atoms with van der Waals surface area (Å²) in [6.07, 6.45) is 1.54. The molecule has 0 spiro atoms. The van der Waals surface area contributed by atoms with Crippen molar-refractivity contribution in [3.8, 4) is 11.5 Å². The molecule has 3 aromatic rings. The summed E-state index contributed by atoms with van der Waals surface area (Å²) in [5.41, 5.74) is 5.25. The van der Waals surface area contributed by atoms with E-state index in [-0.39, 0.29) is 6.61 Å². The molecule has 0 aromatic heterocycles. The summed E-state index contributed by atoms with van der Waals surface area (Å²) in [5.74, 6) is 1.34. The average molecular weight is 447 g/mol. The van der Waals surface area contributed by atoms with E-state index in [2.05, 4.69) is 52.7 Å². The van der Waals surface area contributed by atoms with E-state index in [0.29, 0.717) is 24.1 Å². The van der Waals surface area contributed by atoms with E-state index >= 15 is 0 Å². The maximum Gasteiger partial charge on any atom is 0.161 e. The Morgan fingerprint density at radius 2 is 1.64 bits per heavy atom. The molecule has 4 rings (SSSR count). The standard InChI is InChI=1S/C28H34N2O3/c1-30(18-21-8-4-3-5-9-21)19-26(31)20-33-28-14-22(12-13-27(28)32-2)17-29-25-15-23-10-6-7-11-24(23)16-25/h3-14,25-26,29,31H,15-20H2,1-2H3. The molecular weight excluding hydrogens is 412 g/mol. The largest absolute Gasteiger partial charge is 0.493 e. The molecule has 0 aliphatic heterocycles. The quantitative estimate of drug-likeness (QED) is 0.469. The highest BCUT2D eigenvalue weighted by atomic mass is 16.5. The summed E-state index contributed by atoms with van der Waals surface area (Å²) >= 11 is 0. The predicted molar refractivity (Wildman–Crippen MR) is 132 cm³/mol. The number of hydrogen-bond acceptors (Lipinski definition) is 5. The molecule has 1 unspecified atom stereocenters. The second-order valence-corrected chi connectivity index (χ2v) is 8.89. The van der Waals surface area contributed by atoms with E-state index in [0.717, 1.165) is 31.5 Å². The number of aliphatic hydroxyl groups excluding tert-OH is 1. The van der Waals surface area contributed by atoms with E-state index in [9.17, 15) is 5.11 Å². The predicted octanol–water partition coefficient (Wildman–Crippen LogP) is 3.82. The summed E-state index contributed by atoms with van der Waals surface area (Å²) < 4.78 is 11.5. The van der Waals surface area contributed by atoms with Gasteiger partial charge in [0.05, 0.1) is 7.11 Å². The number of nitrogens with one attached hydrogen (secondary N) is 1. The van der Waals surface area contributed by atoms with Gasteiger partial charge < -0.3 is 19.9 Å². The second kappa shape index (κ2) is 11.3. The van der Waals surface area contributed by atoms with Crippen molar-refractivity contribution in [2.24, 2.45) is 0 Å². The first-order valence-electron chi connectivity index (χ1n) is 11.6. The Labute approximate surface area is 197 Å². The maximum atomic E-state index is 10.5. The van der Waals surface area contributed by atoms with Gasteiger partial charge in [-0.05, 0) is 54.3 Å². The molecule has 1 atom stereocenters. The fourth-order valence-electron chi connectivity index (χ4n) is 4.47. The Bertz CT molecular complexity index is 1000. The Hall–Kier alpha value is -2.86. The number of ether oxygens (including phenoxy) is 2. The van der Waals surface area contributed by atoms with Gasteiger partial charge in [-0.3, -0.25) is 4.90 Å². The zero-order chi connectivity index (χ0) is 23.0. The van der Waals surface area contributed by atoms with Gasteiger partial charge in [0, 0.05) is 25.7 Å². The average Bonchev–Trinajstić information content (AvgIpc) is 3.25. The molecular formula is C28H34N2O3. The fourth-order valence-corrected chi connectivity index (χ4v) is 4.47. The number of rotatable bonds is 11. The first-order valence-corrected chi connectivity index (χ1v) is 11.6. The molecule has 5 nitrogen and oxygen atoms in total. The summed E-state index contributed by atoms with van der Waals surface area (Å²) in [6, 6.07) is 25.4. The van der Waals surface area contributed by atoms with Crippen molar-refractivity contribution in [3.63, 3.8) is 0 Å². The number of likely N-dealkylation sites (N-methyl/N-ethyl adjacent to an activating group) is 1. The Kier molecular flexibility index (Phi) is 8.00. The van der Waals surface area contributed by atoms with Crippen LogP contribution in [-0.2, 0) is 25.9 Å². The molecule has 0 heterocycles. The zero-order valence-corrected chi connectivity index (χ0v) is 19.5. The van der Waals surface area contributed by atoms with Gasteiger partial charge in [0.25, 0.3) is 0 Å². The highest BCUT2D eigenvalue weighted by Crippen LogP contribution is 2.29. The lowest BCUT2D eigenvalue weighted by Crippen LogP contribution is -2.32. The smallest absolute Gasteiger partial charge is 0.161 e. The highest BCUT2D eigenvalue weighted by molar-refractivity contribution is 5.43. The van der Waals surface area contributed by atoms with Gasteiger partial charge in [0.15, 0.2) is 11.5 Å². The number of aliphatic hydroxyl groups is 1. The number of nitrogens with zero attached hydrogens (tertiary/aromatic N) is 1. The summed E-state index contributed by atoms with van der Waals surface area (Å²) in [6.45, 7) is 2.29. The van der Waals surface area contributed by atoms with Crippen LogP contribution in [0.1, 0.15) is 22.3 Å². The van der Waals surface area contributed by atoms with E-state index in [1.54, 1.807) is 7.11 Å². The van der Waals surface area contributed by atoms with Crippen molar-refractivity contribution in [1.82, 2.24) is 10.2 Å². The van der Waals surface area contributed by atoms with Crippen LogP contribution >= 0.6 is 0 Å². The third-order valence-corrected chi connectivity index (χ3v) is 6.12. The molecule has 0 bridgehead atoms. The molecule has 5 heteroatoms.